The first-order valence-electron chi connectivity index (χ1n) is 18.3. The van der Waals surface area contributed by atoms with Gasteiger partial charge in [-0.15, -0.1) is 0 Å². The van der Waals surface area contributed by atoms with E-state index in [0.29, 0.717) is 24.0 Å². The molecule has 262 valence electrons. The molecule has 7 atom stereocenters. The van der Waals surface area contributed by atoms with Gasteiger partial charge >= 0.3 is 0 Å². The van der Waals surface area contributed by atoms with Crippen LogP contribution in [0.25, 0.3) is 0 Å². The van der Waals surface area contributed by atoms with E-state index in [-0.39, 0.29) is 27.9 Å². The van der Waals surface area contributed by atoms with Crippen LogP contribution in [0.5, 0.6) is 5.75 Å². The Labute approximate surface area is 293 Å². The van der Waals surface area contributed by atoms with Gasteiger partial charge < -0.3 is 14.4 Å². The van der Waals surface area contributed by atoms with Crippen LogP contribution in [0.1, 0.15) is 87.2 Å². The fourth-order valence-electron chi connectivity index (χ4n) is 9.64. The smallest absolute Gasteiger partial charge is 0.262 e. The Morgan fingerprint density at radius 2 is 1.88 bits per heavy atom. The molecular weight excluding hydrogens is 642 g/mol. The van der Waals surface area contributed by atoms with Crippen LogP contribution in [0.15, 0.2) is 36.4 Å². The number of hydrogen-bond acceptors (Lipinski definition) is 6. The summed E-state index contributed by atoms with van der Waals surface area (Å²) < 4.78 is 29.3. The lowest BCUT2D eigenvalue weighted by Crippen LogP contribution is -2.53. The lowest BCUT2D eigenvalue weighted by molar-refractivity contribution is -0.0335. The minimum atomic E-state index is -2.87. The second-order valence-corrected chi connectivity index (χ2v) is 18.8. The van der Waals surface area contributed by atoms with Gasteiger partial charge in [-0.1, -0.05) is 37.9 Å². The number of amides is 1. The highest BCUT2D eigenvalue weighted by molar-refractivity contribution is 7.99. The molecule has 7 rings (SSSR count). The number of ether oxygens (including phenoxy) is 2. The summed E-state index contributed by atoms with van der Waals surface area (Å²) >= 11 is 6.50. The predicted octanol–water partition coefficient (Wildman–Crippen LogP) is 6.75. The summed E-state index contributed by atoms with van der Waals surface area (Å²) in [6.45, 7) is 13.7. The van der Waals surface area contributed by atoms with Crippen molar-refractivity contribution in [2.75, 3.05) is 57.4 Å². The Bertz CT molecular complexity index is 1630. The minimum absolute atomic E-state index is 0.166. The Hall–Kier alpha value is -2.26. The molecule has 1 saturated carbocycles. The minimum Gasteiger partial charge on any atom is -0.490 e. The van der Waals surface area contributed by atoms with E-state index < -0.39 is 9.71 Å². The zero-order valence-corrected chi connectivity index (χ0v) is 30.7. The summed E-state index contributed by atoms with van der Waals surface area (Å²) in [4.78, 5) is 18.9. The number of nitrogens with one attached hydrogen (secondary N) is 1. The molecule has 5 aliphatic rings. The van der Waals surface area contributed by atoms with Crippen LogP contribution in [0.4, 0.5) is 5.69 Å². The van der Waals surface area contributed by atoms with Gasteiger partial charge in [0.15, 0.2) is 0 Å². The first-order chi connectivity index (χ1) is 23.0. The standard InChI is InChI=1S/C39H54ClN3O4S/c1-27-7-5-15-38(3,24-42-17-19-46-20-18-42)33-12-9-31(33)23-43-25-39(16-6-8-29-21-32(40)11-13-34(29)39)26-47-36-14-10-30(22-35(36)43)37(44)41-48(4,45)28(27)2/h10-11,13-14,21-22,27-28,31,33H,4-9,12,15-20,23-26H2,1-3H3,(H,41,44,45)/t27-,28+,31-,33+,38-,39-,48?/m0/s1. The van der Waals surface area contributed by atoms with E-state index in [2.05, 4.69) is 46.4 Å². The van der Waals surface area contributed by atoms with E-state index in [0.717, 1.165) is 101 Å². The summed E-state index contributed by atoms with van der Waals surface area (Å²) in [7, 11) is -2.87. The van der Waals surface area contributed by atoms with Crippen molar-refractivity contribution >= 4 is 38.8 Å². The molecule has 2 fully saturated rings. The summed E-state index contributed by atoms with van der Waals surface area (Å²) in [6.07, 6.45) is 8.80. The van der Waals surface area contributed by atoms with E-state index in [1.54, 1.807) is 0 Å². The molecular formula is C39H54ClN3O4S. The molecule has 1 saturated heterocycles. The van der Waals surface area contributed by atoms with E-state index in [9.17, 15) is 9.00 Å². The molecule has 3 aliphatic heterocycles. The van der Waals surface area contributed by atoms with Crippen LogP contribution in [-0.2, 0) is 26.3 Å². The molecule has 2 aromatic carbocycles. The number of anilines is 1. The van der Waals surface area contributed by atoms with Gasteiger partial charge in [-0.2, -0.15) is 0 Å². The molecule has 2 aromatic rings. The molecule has 1 spiro atoms. The molecule has 2 bridgehead atoms. The molecule has 1 N–H and O–H groups in total. The predicted molar refractivity (Wildman–Crippen MR) is 197 cm³/mol. The molecule has 1 amide bonds. The zero-order valence-electron chi connectivity index (χ0n) is 29.1. The van der Waals surface area contributed by atoms with Crippen LogP contribution in [-0.4, -0.2) is 78.7 Å². The highest BCUT2D eigenvalue weighted by Gasteiger charge is 2.48. The number of carbonyl (C=O) groups is 1. The number of nitrogens with zero attached hydrogens (tertiary/aromatic N) is 2. The van der Waals surface area contributed by atoms with Crippen molar-refractivity contribution < 1.29 is 18.5 Å². The second kappa shape index (κ2) is 13.5. The molecule has 2 aliphatic carbocycles. The van der Waals surface area contributed by atoms with Crippen molar-refractivity contribution in [1.29, 1.82) is 0 Å². The Balaban J connectivity index is 1.29. The summed E-state index contributed by atoms with van der Waals surface area (Å²) in [6, 6.07) is 12.1. The molecule has 3 heterocycles. The SMILES string of the molecule is C=S1(=O)NC(=O)c2ccc3c(c2)N(C[C@@H]2CC[C@H]2[C@](C)(CN2CCOCC2)CCC[C@H](C)[C@H]1C)C[C@@]1(CCCc2cc(Cl)ccc21)CO3. The van der Waals surface area contributed by atoms with E-state index in [1.807, 2.05) is 31.2 Å². The maximum atomic E-state index is 14.0. The number of halogens is 1. The summed E-state index contributed by atoms with van der Waals surface area (Å²) in [5.74, 6) is 5.89. The van der Waals surface area contributed by atoms with E-state index in [4.69, 9.17) is 21.1 Å². The average molecular weight is 696 g/mol. The first kappa shape index (κ1) is 34.2. The summed E-state index contributed by atoms with van der Waals surface area (Å²) in [5, 5.41) is 0.545. The number of rotatable bonds is 2. The van der Waals surface area contributed by atoms with E-state index >= 15 is 0 Å². The van der Waals surface area contributed by atoms with E-state index in [1.165, 1.54) is 24.0 Å². The highest BCUT2D eigenvalue weighted by Crippen LogP contribution is 2.52. The summed E-state index contributed by atoms with van der Waals surface area (Å²) in [5.41, 5.74) is 4.12. The normalized spacial score (nSPS) is 36.2. The van der Waals surface area contributed by atoms with Crippen molar-refractivity contribution in [3.05, 3.63) is 58.1 Å². The lowest BCUT2D eigenvalue weighted by atomic mass is 9.57. The van der Waals surface area contributed by atoms with Crippen molar-refractivity contribution in [2.45, 2.75) is 82.8 Å². The van der Waals surface area contributed by atoms with Gasteiger partial charge in [-0.25, -0.2) is 4.21 Å². The maximum absolute atomic E-state index is 14.0. The number of aryl methyl sites for hydroxylation is 1. The van der Waals surface area contributed by atoms with Crippen LogP contribution in [0, 0.1) is 23.2 Å². The Kier molecular flexibility index (Phi) is 9.59. The Morgan fingerprint density at radius 1 is 1.06 bits per heavy atom. The van der Waals surface area contributed by atoms with Crippen molar-refractivity contribution in [3.63, 3.8) is 0 Å². The van der Waals surface area contributed by atoms with Gasteiger partial charge in [0.25, 0.3) is 5.91 Å². The third-order valence-electron chi connectivity index (χ3n) is 12.8. The number of benzene rings is 2. The fraction of sp³-hybridized carbons (Fsp3) is 0.641. The van der Waals surface area contributed by atoms with Crippen LogP contribution in [0.3, 0.4) is 0 Å². The van der Waals surface area contributed by atoms with Gasteiger partial charge in [0.1, 0.15) is 5.75 Å². The fourth-order valence-corrected chi connectivity index (χ4v) is 11.3. The van der Waals surface area contributed by atoms with Gasteiger partial charge in [0.05, 0.1) is 35.2 Å². The average Bonchev–Trinajstić information content (AvgIpc) is 3.19. The van der Waals surface area contributed by atoms with Crippen LogP contribution >= 0.6 is 11.6 Å². The third-order valence-corrected chi connectivity index (χ3v) is 15.3. The monoisotopic (exact) mass is 695 g/mol. The molecule has 0 aromatic heterocycles. The van der Waals surface area contributed by atoms with Crippen molar-refractivity contribution in [3.8, 4) is 5.75 Å². The van der Waals surface area contributed by atoms with Gasteiger partial charge in [0, 0.05) is 54.0 Å². The molecule has 9 heteroatoms. The molecule has 48 heavy (non-hydrogen) atoms. The van der Waals surface area contributed by atoms with Crippen LogP contribution in [0.2, 0.25) is 5.02 Å². The number of hydrogen-bond donors (Lipinski definition) is 1. The number of fused-ring (bicyclic) bond motifs is 4. The molecule has 7 nitrogen and oxygen atoms in total. The zero-order chi connectivity index (χ0) is 33.7. The number of morpholine rings is 1. The first-order valence-corrected chi connectivity index (χ1v) is 20.4. The maximum Gasteiger partial charge on any atom is 0.262 e. The van der Waals surface area contributed by atoms with Gasteiger partial charge in [-0.05, 0) is 122 Å². The highest BCUT2D eigenvalue weighted by atomic mass is 35.5. The molecule has 1 unspecified atom stereocenters. The second-order valence-electron chi connectivity index (χ2n) is 16.0. The largest absolute Gasteiger partial charge is 0.490 e. The van der Waals surface area contributed by atoms with Crippen molar-refractivity contribution in [2.24, 2.45) is 23.2 Å². The van der Waals surface area contributed by atoms with Crippen molar-refractivity contribution in [1.82, 2.24) is 9.62 Å². The third kappa shape index (κ3) is 6.63. The quantitative estimate of drug-likeness (QED) is 0.351. The van der Waals surface area contributed by atoms with Crippen LogP contribution < -0.4 is 14.4 Å². The molecule has 0 radical (unpaired) electrons. The topological polar surface area (TPSA) is 71.1 Å². The lowest BCUT2D eigenvalue weighted by Gasteiger charge is -2.53. The number of carbonyl (C=O) groups excluding carboxylic acids is 1. The van der Waals surface area contributed by atoms with Gasteiger partial charge in [0.2, 0.25) is 0 Å². The van der Waals surface area contributed by atoms with Gasteiger partial charge in [-0.3, -0.25) is 14.4 Å². The Morgan fingerprint density at radius 3 is 2.65 bits per heavy atom.